The molecule has 0 radical (unpaired) electrons. The molecule has 0 atom stereocenters. The largest absolute Gasteiger partial charge is 0.351 e. The molecule has 0 saturated carbocycles. The molecule has 4 rings (SSSR count). The van der Waals surface area contributed by atoms with Gasteiger partial charge in [0.2, 0.25) is 5.91 Å². The first-order valence-electron chi connectivity index (χ1n) is 11.4. The van der Waals surface area contributed by atoms with Crippen molar-refractivity contribution in [3.63, 3.8) is 0 Å². The first kappa shape index (κ1) is 23.8. The van der Waals surface area contributed by atoms with Crippen LogP contribution in [-0.2, 0) is 24.4 Å². The van der Waals surface area contributed by atoms with Crippen LogP contribution in [0.1, 0.15) is 35.0 Å². The van der Waals surface area contributed by atoms with Gasteiger partial charge in [-0.1, -0.05) is 66.4 Å². The highest BCUT2D eigenvalue weighted by Crippen LogP contribution is 2.26. The fourth-order valence-electron chi connectivity index (χ4n) is 3.97. The Morgan fingerprint density at radius 2 is 1.74 bits per heavy atom. The van der Waals surface area contributed by atoms with E-state index in [1.165, 1.54) is 17.3 Å². The van der Waals surface area contributed by atoms with Gasteiger partial charge in [-0.05, 0) is 38.8 Å². The third-order valence-electron chi connectivity index (χ3n) is 5.92. The molecule has 2 heterocycles. The summed E-state index contributed by atoms with van der Waals surface area (Å²) in [5, 5.41) is 17.2. The summed E-state index contributed by atoms with van der Waals surface area (Å²) in [6, 6.07) is 18.4. The van der Waals surface area contributed by atoms with Gasteiger partial charge in [-0.3, -0.25) is 9.48 Å². The maximum atomic E-state index is 12.6. The normalized spacial score (nSPS) is 11.1. The zero-order valence-corrected chi connectivity index (χ0v) is 20.9. The highest BCUT2D eigenvalue weighted by Gasteiger charge is 2.17. The van der Waals surface area contributed by atoms with Crippen molar-refractivity contribution in [2.24, 2.45) is 0 Å². The minimum Gasteiger partial charge on any atom is -0.351 e. The number of carbonyl (C=O) groups excluding carboxylic acids is 1. The molecule has 8 heteroatoms. The van der Waals surface area contributed by atoms with E-state index in [0.29, 0.717) is 13.1 Å². The van der Waals surface area contributed by atoms with Crippen LogP contribution in [0.15, 0.2) is 59.8 Å². The molecular weight excluding hydrogens is 444 g/mol. The second kappa shape index (κ2) is 10.7. The van der Waals surface area contributed by atoms with Gasteiger partial charge in [0.25, 0.3) is 0 Å². The zero-order chi connectivity index (χ0) is 24.1. The molecule has 0 aliphatic rings. The lowest BCUT2D eigenvalue weighted by Crippen LogP contribution is -2.25. The summed E-state index contributed by atoms with van der Waals surface area (Å²) in [6.45, 7) is 10.1. The lowest BCUT2D eigenvalue weighted by Gasteiger charge is -2.09. The zero-order valence-electron chi connectivity index (χ0n) is 20.1. The van der Waals surface area contributed by atoms with Crippen molar-refractivity contribution in [2.75, 3.05) is 5.75 Å². The summed E-state index contributed by atoms with van der Waals surface area (Å²) >= 11 is 1.41. The molecule has 7 nitrogen and oxygen atoms in total. The summed E-state index contributed by atoms with van der Waals surface area (Å²) in [5.41, 5.74) is 6.49. The highest BCUT2D eigenvalue weighted by molar-refractivity contribution is 7.99. The van der Waals surface area contributed by atoms with E-state index in [1.807, 2.05) is 41.9 Å². The lowest BCUT2D eigenvalue weighted by atomic mass is 10.1. The van der Waals surface area contributed by atoms with Gasteiger partial charge in [0, 0.05) is 29.9 Å². The molecule has 0 unspecified atom stereocenters. The van der Waals surface area contributed by atoms with Crippen LogP contribution in [0, 0.1) is 20.8 Å². The van der Waals surface area contributed by atoms with Gasteiger partial charge in [0.15, 0.2) is 11.0 Å². The molecule has 34 heavy (non-hydrogen) atoms. The molecule has 0 aliphatic heterocycles. The molecule has 2 aromatic carbocycles. The summed E-state index contributed by atoms with van der Waals surface area (Å²) in [4.78, 5) is 12.6. The van der Waals surface area contributed by atoms with Gasteiger partial charge in [-0.25, -0.2) is 0 Å². The summed E-state index contributed by atoms with van der Waals surface area (Å²) in [6.07, 6.45) is 0. The molecule has 2 aromatic heterocycles. The van der Waals surface area contributed by atoms with Crippen molar-refractivity contribution in [1.29, 1.82) is 0 Å². The third-order valence-corrected chi connectivity index (χ3v) is 6.89. The minimum atomic E-state index is -0.0392. The van der Waals surface area contributed by atoms with Crippen LogP contribution < -0.4 is 5.32 Å². The number of hydrogen-bond donors (Lipinski definition) is 1. The first-order chi connectivity index (χ1) is 16.5. The molecule has 176 valence electrons. The lowest BCUT2D eigenvalue weighted by molar-refractivity contribution is -0.118. The smallest absolute Gasteiger partial charge is 0.230 e. The molecule has 1 amide bonds. The molecule has 0 fully saturated rings. The molecule has 0 saturated heterocycles. The molecule has 0 spiro atoms. The Bertz CT molecular complexity index is 1280. The van der Waals surface area contributed by atoms with Crippen LogP contribution in [0.4, 0.5) is 0 Å². The number of carbonyl (C=O) groups is 1. The standard InChI is InChI=1S/C26H30N6OS/c1-5-31-25(22-14-10-9-11-18(22)2)28-29-26(31)34-17-24(33)27-15-23-19(3)30-32(20(23)4)16-21-12-7-6-8-13-21/h6-14H,5,15-17H2,1-4H3,(H,27,33). The van der Waals surface area contributed by atoms with E-state index in [0.717, 1.165) is 45.6 Å². The maximum Gasteiger partial charge on any atom is 0.230 e. The number of aryl methyl sites for hydroxylation is 2. The minimum absolute atomic E-state index is 0.0392. The Labute approximate surface area is 204 Å². The van der Waals surface area contributed by atoms with Crippen molar-refractivity contribution >= 4 is 17.7 Å². The van der Waals surface area contributed by atoms with Crippen LogP contribution in [0.3, 0.4) is 0 Å². The van der Waals surface area contributed by atoms with Crippen LogP contribution in [0.5, 0.6) is 0 Å². The van der Waals surface area contributed by atoms with E-state index in [1.54, 1.807) is 0 Å². The fourth-order valence-corrected chi connectivity index (χ4v) is 4.80. The Hall–Kier alpha value is -3.39. The van der Waals surface area contributed by atoms with Gasteiger partial charge in [0.05, 0.1) is 18.0 Å². The van der Waals surface area contributed by atoms with E-state index in [2.05, 4.69) is 70.2 Å². The van der Waals surface area contributed by atoms with Crippen LogP contribution >= 0.6 is 11.8 Å². The highest BCUT2D eigenvalue weighted by atomic mass is 32.2. The molecule has 0 aliphatic carbocycles. The van der Waals surface area contributed by atoms with E-state index in [4.69, 9.17) is 0 Å². The Morgan fingerprint density at radius 1 is 1.00 bits per heavy atom. The van der Waals surface area contributed by atoms with Crippen molar-refractivity contribution in [2.45, 2.75) is 52.5 Å². The molecule has 1 N–H and O–H groups in total. The topological polar surface area (TPSA) is 77.6 Å². The average Bonchev–Trinajstić information content (AvgIpc) is 3.37. The number of benzene rings is 2. The molecular formula is C26H30N6OS. The van der Waals surface area contributed by atoms with Crippen LogP contribution in [0.2, 0.25) is 0 Å². The van der Waals surface area contributed by atoms with Gasteiger partial charge in [0.1, 0.15) is 0 Å². The van der Waals surface area contributed by atoms with Crippen LogP contribution in [-0.4, -0.2) is 36.2 Å². The number of rotatable bonds is 9. The molecule has 0 bridgehead atoms. The predicted molar refractivity (Wildman–Crippen MR) is 136 cm³/mol. The van der Waals surface area contributed by atoms with Crippen LogP contribution in [0.25, 0.3) is 11.4 Å². The van der Waals surface area contributed by atoms with E-state index >= 15 is 0 Å². The monoisotopic (exact) mass is 474 g/mol. The predicted octanol–water partition coefficient (Wildman–Crippen LogP) is 4.54. The number of thioether (sulfide) groups is 1. The Morgan fingerprint density at radius 3 is 2.47 bits per heavy atom. The van der Waals surface area contributed by atoms with E-state index in [-0.39, 0.29) is 11.7 Å². The first-order valence-corrected chi connectivity index (χ1v) is 12.4. The molecule has 4 aromatic rings. The average molecular weight is 475 g/mol. The summed E-state index contributed by atoms with van der Waals surface area (Å²) < 4.78 is 4.06. The third kappa shape index (κ3) is 5.22. The Balaban J connectivity index is 1.37. The number of hydrogen-bond acceptors (Lipinski definition) is 5. The number of amides is 1. The second-order valence-corrected chi connectivity index (χ2v) is 9.17. The maximum absolute atomic E-state index is 12.6. The van der Waals surface area contributed by atoms with Crippen molar-refractivity contribution < 1.29 is 4.79 Å². The van der Waals surface area contributed by atoms with Crippen molar-refractivity contribution in [1.82, 2.24) is 29.9 Å². The van der Waals surface area contributed by atoms with Gasteiger partial charge >= 0.3 is 0 Å². The number of aromatic nitrogens is 5. The van der Waals surface area contributed by atoms with Crippen molar-refractivity contribution in [3.8, 4) is 11.4 Å². The second-order valence-electron chi connectivity index (χ2n) is 8.22. The fraction of sp³-hybridized carbons (Fsp3) is 0.308. The van der Waals surface area contributed by atoms with E-state index < -0.39 is 0 Å². The quantitative estimate of drug-likeness (QED) is 0.360. The number of nitrogens with one attached hydrogen (secondary N) is 1. The van der Waals surface area contributed by atoms with Crippen molar-refractivity contribution in [3.05, 3.63) is 82.7 Å². The van der Waals surface area contributed by atoms with Gasteiger partial charge < -0.3 is 9.88 Å². The van der Waals surface area contributed by atoms with Gasteiger partial charge in [-0.15, -0.1) is 10.2 Å². The van der Waals surface area contributed by atoms with E-state index in [9.17, 15) is 4.79 Å². The number of nitrogens with zero attached hydrogens (tertiary/aromatic N) is 5. The van der Waals surface area contributed by atoms with Gasteiger partial charge in [-0.2, -0.15) is 5.10 Å². The summed E-state index contributed by atoms with van der Waals surface area (Å²) in [7, 11) is 0. The Kier molecular flexibility index (Phi) is 7.47. The SMILES string of the molecule is CCn1c(SCC(=O)NCc2c(C)nn(Cc3ccccc3)c2C)nnc1-c1ccccc1C. The summed E-state index contributed by atoms with van der Waals surface area (Å²) in [5.74, 6) is 1.07.